The van der Waals surface area contributed by atoms with Crippen molar-refractivity contribution in [1.82, 2.24) is 14.5 Å². The van der Waals surface area contributed by atoms with Crippen LogP contribution in [0.2, 0.25) is 0 Å². The summed E-state index contributed by atoms with van der Waals surface area (Å²) >= 11 is 0. The molecule has 170 valence electrons. The second kappa shape index (κ2) is 10.9. The molecule has 0 saturated carbocycles. The highest BCUT2D eigenvalue weighted by molar-refractivity contribution is 5.60. The van der Waals surface area contributed by atoms with Gasteiger partial charge in [-0.15, -0.1) is 0 Å². The molecule has 2 unspecified atom stereocenters. The maximum Gasteiger partial charge on any atom is 0.255 e. The highest BCUT2D eigenvalue weighted by atomic mass is 16.5. The molecule has 0 spiro atoms. The van der Waals surface area contributed by atoms with E-state index in [9.17, 15) is 4.79 Å². The van der Waals surface area contributed by atoms with Crippen LogP contribution in [0.4, 0.5) is 5.95 Å². The van der Waals surface area contributed by atoms with Crippen molar-refractivity contribution in [3.05, 3.63) is 70.8 Å². The van der Waals surface area contributed by atoms with Crippen molar-refractivity contribution in [2.45, 2.75) is 39.8 Å². The Bertz CT molecular complexity index is 1070. The van der Waals surface area contributed by atoms with Crippen LogP contribution in [0.25, 0.3) is 11.3 Å². The smallest absolute Gasteiger partial charge is 0.255 e. The third-order valence-corrected chi connectivity index (χ3v) is 5.36. The Morgan fingerprint density at radius 3 is 2.50 bits per heavy atom. The van der Waals surface area contributed by atoms with Gasteiger partial charge in [-0.2, -0.15) is 0 Å². The first-order valence-electron chi connectivity index (χ1n) is 11.3. The molecule has 5 rings (SSSR count). The molecule has 1 saturated heterocycles. The fourth-order valence-electron chi connectivity index (χ4n) is 3.92. The topological polar surface area (TPSA) is 69.5 Å². The number of nitrogens with zero attached hydrogens (tertiary/aromatic N) is 4. The minimum absolute atomic E-state index is 0.0468. The van der Waals surface area contributed by atoms with E-state index in [2.05, 4.69) is 9.88 Å². The van der Waals surface area contributed by atoms with Crippen LogP contribution in [0, 0.1) is 0 Å². The number of hydrogen-bond acceptors (Lipinski definition) is 6. The molecule has 2 aliphatic heterocycles. The van der Waals surface area contributed by atoms with Crippen LogP contribution >= 0.6 is 0 Å². The van der Waals surface area contributed by atoms with Gasteiger partial charge in [0, 0.05) is 43.2 Å². The van der Waals surface area contributed by atoms with E-state index in [0.717, 1.165) is 16.9 Å². The van der Waals surface area contributed by atoms with Gasteiger partial charge in [0.25, 0.3) is 5.56 Å². The second-order valence-electron chi connectivity index (χ2n) is 6.98. The number of benzene rings is 1. The molecule has 7 nitrogen and oxygen atoms in total. The van der Waals surface area contributed by atoms with E-state index in [1.807, 2.05) is 64.1 Å². The van der Waals surface area contributed by atoms with Gasteiger partial charge in [-0.3, -0.25) is 14.3 Å². The summed E-state index contributed by atoms with van der Waals surface area (Å²) in [4.78, 5) is 23.7. The maximum absolute atomic E-state index is 12.7. The molecule has 0 bridgehead atoms. The predicted octanol–water partition coefficient (Wildman–Crippen LogP) is 4.23. The lowest BCUT2D eigenvalue weighted by molar-refractivity contribution is -0.0164. The van der Waals surface area contributed by atoms with E-state index in [1.165, 1.54) is 0 Å². The number of pyridine rings is 1. The number of para-hydroxylation sites is 1. The van der Waals surface area contributed by atoms with Gasteiger partial charge < -0.3 is 14.4 Å². The summed E-state index contributed by atoms with van der Waals surface area (Å²) in [6.07, 6.45) is 3.29. The molecule has 2 aliphatic rings. The van der Waals surface area contributed by atoms with E-state index in [-0.39, 0.29) is 17.7 Å². The van der Waals surface area contributed by atoms with Gasteiger partial charge in [0.15, 0.2) is 0 Å². The molecular weight excluding hydrogens is 404 g/mol. The zero-order valence-electron chi connectivity index (χ0n) is 19.5. The average molecular weight is 437 g/mol. The molecule has 2 aromatic heterocycles. The van der Waals surface area contributed by atoms with E-state index in [1.54, 1.807) is 30.1 Å². The van der Waals surface area contributed by atoms with Crippen LogP contribution in [-0.2, 0) is 11.8 Å². The number of fused-ring (bicyclic) bond motifs is 3. The summed E-state index contributed by atoms with van der Waals surface area (Å²) in [5, 5.41) is 0. The first-order chi connectivity index (χ1) is 15.7. The van der Waals surface area contributed by atoms with Gasteiger partial charge in [-0.25, -0.2) is 4.98 Å². The zero-order chi connectivity index (χ0) is 23.1. The lowest BCUT2D eigenvalue weighted by Crippen LogP contribution is -2.53. The molecule has 4 heterocycles. The van der Waals surface area contributed by atoms with Crippen LogP contribution in [-0.4, -0.2) is 40.3 Å². The summed E-state index contributed by atoms with van der Waals surface area (Å²) in [6, 6.07) is 13.2. The van der Waals surface area contributed by atoms with Crippen molar-refractivity contribution >= 4 is 5.95 Å². The average Bonchev–Trinajstić information content (AvgIpc) is 2.88. The third-order valence-electron chi connectivity index (χ3n) is 5.36. The van der Waals surface area contributed by atoms with Crippen LogP contribution in [0.15, 0.2) is 59.7 Å². The molecule has 1 aromatic carbocycles. The minimum atomic E-state index is -0.111. The Balaban J connectivity index is 0.000000686. The molecule has 32 heavy (non-hydrogen) atoms. The van der Waals surface area contributed by atoms with Crippen molar-refractivity contribution in [3.8, 4) is 17.0 Å². The van der Waals surface area contributed by atoms with Crippen molar-refractivity contribution in [1.29, 1.82) is 0 Å². The maximum atomic E-state index is 12.7. The number of anilines is 1. The number of rotatable bonds is 2. The van der Waals surface area contributed by atoms with E-state index in [0.29, 0.717) is 31.4 Å². The summed E-state index contributed by atoms with van der Waals surface area (Å²) < 4.78 is 13.7. The molecule has 1 fully saturated rings. The minimum Gasteiger partial charge on any atom is -0.491 e. The Kier molecular flexibility index (Phi) is 8.00. The van der Waals surface area contributed by atoms with Gasteiger partial charge >= 0.3 is 0 Å². The highest BCUT2D eigenvalue weighted by Crippen LogP contribution is 2.39. The van der Waals surface area contributed by atoms with Gasteiger partial charge in [0.2, 0.25) is 5.95 Å². The first-order valence-corrected chi connectivity index (χ1v) is 11.3. The molecule has 0 amide bonds. The second-order valence-corrected chi connectivity index (χ2v) is 6.98. The SMILES string of the molecule is CC.CC.Cn1c(N2CCOC3c4ccccc4OCC32)nc(-c2ccncc2)cc1=O. The predicted molar refractivity (Wildman–Crippen MR) is 127 cm³/mol. The Labute approximate surface area is 189 Å². The third kappa shape index (κ3) is 4.53. The number of morpholine rings is 1. The number of hydrogen-bond donors (Lipinski definition) is 0. The quantitative estimate of drug-likeness (QED) is 0.599. The summed E-state index contributed by atoms with van der Waals surface area (Å²) in [5.74, 6) is 1.48. The fraction of sp³-hybridized carbons (Fsp3) is 0.400. The van der Waals surface area contributed by atoms with Gasteiger partial charge in [-0.1, -0.05) is 45.9 Å². The van der Waals surface area contributed by atoms with Gasteiger partial charge in [-0.05, 0) is 18.2 Å². The molecule has 0 N–H and O–H groups in total. The molecule has 0 aliphatic carbocycles. The number of aromatic nitrogens is 3. The molecule has 0 radical (unpaired) electrons. The summed E-state index contributed by atoms with van der Waals surface area (Å²) in [7, 11) is 1.75. The Morgan fingerprint density at radius 2 is 1.75 bits per heavy atom. The van der Waals surface area contributed by atoms with Crippen molar-refractivity contribution in [2.75, 3.05) is 24.7 Å². The van der Waals surface area contributed by atoms with Crippen molar-refractivity contribution < 1.29 is 9.47 Å². The van der Waals surface area contributed by atoms with Gasteiger partial charge in [0.1, 0.15) is 18.5 Å². The Morgan fingerprint density at radius 1 is 1.03 bits per heavy atom. The fourth-order valence-corrected chi connectivity index (χ4v) is 3.92. The monoisotopic (exact) mass is 436 g/mol. The Hall–Kier alpha value is -3.19. The molecule has 2 atom stereocenters. The number of ether oxygens (including phenoxy) is 2. The van der Waals surface area contributed by atoms with Crippen LogP contribution < -0.4 is 15.2 Å². The van der Waals surface area contributed by atoms with Gasteiger partial charge in [0.05, 0.1) is 18.3 Å². The largest absolute Gasteiger partial charge is 0.491 e. The molecule has 7 heteroatoms. The lowest BCUT2D eigenvalue weighted by Gasteiger charge is -2.44. The van der Waals surface area contributed by atoms with Crippen LogP contribution in [0.1, 0.15) is 39.4 Å². The molecule has 3 aromatic rings. The first kappa shape index (κ1) is 23.5. The zero-order valence-corrected chi connectivity index (χ0v) is 19.5. The standard InChI is InChI=1S/C21H20N4O3.2C2H6/c1-24-19(26)12-16(14-6-8-22-9-7-14)23-21(24)25-10-11-27-20-15-4-2-3-5-18(15)28-13-17(20)25;2*1-2/h2-9,12,17,20H,10-11,13H2,1H3;2*1-2H3. The molecular formula is C25H32N4O3. The van der Waals surface area contributed by atoms with Crippen LogP contribution in [0.5, 0.6) is 5.75 Å². The summed E-state index contributed by atoms with van der Waals surface area (Å²) in [5.41, 5.74) is 2.44. The van der Waals surface area contributed by atoms with E-state index in [4.69, 9.17) is 14.5 Å². The lowest BCUT2D eigenvalue weighted by atomic mass is 9.96. The van der Waals surface area contributed by atoms with E-state index >= 15 is 0 Å². The van der Waals surface area contributed by atoms with Crippen molar-refractivity contribution in [2.24, 2.45) is 7.05 Å². The summed E-state index contributed by atoms with van der Waals surface area (Å²) in [6.45, 7) is 9.69. The van der Waals surface area contributed by atoms with E-state index < -0.39 is 0 Å². The van der Waals surface area contributed by atoms with Crippen molar-refractivity contribution in [3.63, 3.8) is 0 Å². The highest BCUT2D eigenvalue weighted by Gasteiger charge is 2.40. The normalized spacial score (nSPS) is 18.6. The van der Waals surface area contributed by atoms with Crippen LogP contribution in [0.3, 0.4) is 0 Å².